The van der Waals surface area contributed by atoms with Gasteiger partial charge in [0.2, 0.25) is 11.5 Å². The molecule has 0 bridgehead atoms. The van der Waals surface area contributed by atoms with E-state index in [1.165, 1.54) is 0 Å². The summed E-state index contributed by atoms with van der Waals surface area (Å²) in [5.74, 6) is -2.05. The van der Waals surface area contributed by atoms with Gasteiger partial charge in [-0.15, -0.1) is 0 Å². The van der Waals surface area contributed by atoms with Crippen LogP contribution in [0.2, 0.25) is 0 Å². The summed E-state index contributed by atoms with van der Waals surface area (Å²) in [5, 5.41) is 17.9. The van der Waals surface area contributed by atoms with Crippen molar-refractivity contribution in [2.45, 2.75) is 26.8 Å². The number of carboxylic acids is 1. The van der Waals surface area contributed by atoms with Gasteiger partial charge in [-0.1, -0.05) is 20.8 Å². The Kier molecular flexibility index (Phi) is 3.35. The molecule has 17 heavy (non-hydrogen) atoms. The fourth-order valence-electron chi connectivity index (χ4n) is 1.20. The molecule has 0 radical (unpaired) electrons. The number of aromatic nitrogens is 2. The molecule has 0 aliphatic carbocycles. The molecule has 0 aliphatic rings. The molecule has 0 saturated carbocycles. The Balaban J connectivity index is 2.86. The van der Waals surface area contributed by atoms with Crippen molar-refractivity contribution >= 4 is 17.7 Å². The Morgan fingerprint density at radius 1 is 1.41 bits per heavy atom. The molecule has 94 valence electrons. The van der Waals surface area contributed by atoms with Crippen molar-refractivity contribution < 1.29 is 19.3 Å². The van der Waals surface area contributed by atoms with Crippen molar-refractivity contribution in [2.75, 3.05) is 5.73 Å². The summed E-state index contributed by atoms with van der Waals surface area (Å²) in [5.41, 5.74) is 4.46. The van der Waals surface area contributed by atoms with Crippen molar-refractivity contribution in [3.63, 3.8) is 0 Å². The lowest BCUT2D eigenvalue weighted by Gasteiger charge is -2.27. The maximum Gasteiger partial charge on any atom is 0.326 e. The van der Waals surface area contributed by atoms with E-state index in [4.69, 9.17) is 10.8 Å². The normalized spacial score (nSPS) is 13.1. The fraction of sp³-hybridized carbons (Fsp3) is 0.556. The predicted molar refractivity (Wildman–Crippen MR) is 57.1 cm³/mol. The van der Waals surface area contributed by atoms with Crippen LogP contribution in [0.4, 0.5) is 5.82 Å². The molecule has 1 aromatic rings. The maximum atomic E-state index is 11.7. The van der Waals surface area contributed by atoms with Crippen molar-refractivity contribution in [3.8, 4) is 0 Å². The first-order valence-corrected chi connectivity index (χ1v) is 4.85. The van der Waals surface area contributed by atoms with Gasteiger partial charge in [0, 0.05) is 0 Å². The number of carbonyl (C=O) groups excluding carboxylic acids is 1. The van der Waals surface area contributed by atoms with Crippen LogP contribution in [0.5, 0.6) is 0 Å². The summed E-state index contributed by atoms with van der Waals surface area (Å²) < 4.78 is 4.26. The third-order valence-corrected chi connectivity index (χ3v) is 2.12. The molecule has 0 fully saturated rings. The second-order valence-electron chi connectivity index (χ2n) is 4.61. The van der Waals surface area contributed by atoms with Gasteiger partial charge in [-0.2, -0.15) is 0 Å². The van der Waals surface area contributed by atoms with Gasteiger partial charge in [0.1, 0.15) is 6.04 Å². The summed E-state index contributed by atoms with van der Waals surface area (Å²) in [6.07, 6.45) is 0. The lowest BCUT2D eigenvalue weighted by atomic mass is 9.86. The Morgan fingerprint density at radius 2 is 2.00 bits per heavy atom. The second kappa shape index (κ2) is 4.40. The first-order chi connectivity index (χ1) is 7.73. The molecule has 0 aliphatic heterocycles. The predicted octanol–water partition coefficient (Wildman–Crippen LogP) is -0.119. The maximum absolute atomic E-state index is 11.7. The molecule has 0 unspecified atom stereocenters. The fourth-order valence-corrected chi connectivity index (χ4v) is 1.20. The molecule has 1 heterocycles. The van der Waals surface area contributed by atoms with Crippen LogP contribution < -0.4 is 11.1 Å². The van der Waals surface area contributed by atoms with Crippen molar-refractivity contribution in [3.05, 3.63) is 5.69 Å². The molecule has 1 amide bonds. The van der Waals surface area contributed by atoms with Gasteiger partial charge in [0.15, 0.2) is 0 Å². The average molecular weight is 242 g/mol. The molecule has 0 spiro atoms. The van der Waals surface area contributed by atoms with Gasteiger partial charge in [-0.3, -0.25) is 4.79 Å². The Hall–Kier alpha value is -2.12. The molecule has 1 atom stereocenters. The number of carbonyl (C=O) groups is 2. The van der Waals surface area contributed by atoms with Crippen LogP contribution in [0.1, 0.15) is 31.3 Å². The van der Waals surface area contributed by atoms with E-state index in [1.807, 2.05) is 0 Å². The average Bonchev–Trinajstić information content (AvgIpc) is 2.58. The minimum Gasteiger partial charge on any atom is -0.480 e. The number of anilines is 1. The summed E-state index contributed by atoms with van der Waals surface area (Å²) in [6.45, 7) is 5.07. The standard InChI is InChI=1S/C9H14N4O4/c1-9(2,3)5(8(15)16)11-7(14)4-6(10)13-17-12-4/h5H,1-3H3,(H2,10,13)(H,11,14)(H,15,16)/t5-/m0/s1. The monoisotopic (exact) mass is 242 g/mol. The number of nitrogens with zero attached hydrogens (tertiary/aromatic N) is 2. The van der Waals surface area contributed by atoms with Gasteiger partial charge in [-0.05, 0) is 15.7 Å². The van der Waals surface area contributed by atoms with Crippen LogP contribution >= 0.6 is 0 Å². The van der Waals surface area contributed by atoms with E-state index in [0.717, 1.165) is 0 Å². The van der Waals surface area contributed by atoms with Crippen LogP contribution in [0.3, 0.4) is 0 Å². The SMILES string of the molecule is CC(C)(C)[C@@H](NC(=O)c1nonc1N)C(=O)O. The summed E-state index contributed by atoms with van der Waals surface area (Å²) in [7, 11) is 0. The number of nitrogen functional groups attached to an aromatic ring is 1. The number of aliphatic carboxylic acids is 1. The van der Waals surface area contributed by atoms with Crippen molar-refractivity contribution in [2.24, 2.45) is 5.41 Å². The quantitative estimate of drug-likeness (QED) is 0.673. The van der Waals surface area contributed by atoms with Gasteiger partial charge < -0.3 is 16.2 Å². The first-order valence-electron chi connectivity index (χ1n) is 4.85. The van der Waals surface area contributed by atoms with E-state index in [9.17, 15) is 9.59 Å². The van der Waals surface area contributed by atoms with Crippen molar-refractivity contribution in [1.82, 2.24) is 15.6 Å². The van der Waals surface area contributed by atoms with Crippen LogP contribution in [0.15, 0.2) is 4.63 Å². The molecule has 8 heteroatoms. The van der Waals surface area contributed by atoms with Gasteiger partial charge in [-0.25, -0.2) is 9.42 Å². The molecule has 0 aromatic carbocycles. The molecular weight excluding hydrogens is 228 g/mol. The summed E-state index contributed by atoms with van der Waals surface area (Å²) >= 11 is 0. The number of hydrogen-bond donors (Lipinski definition) is 3. The largest absolute Gasteiger partial charge is 0.480 e. The van der Waals surface area contributed by atoms with Crippen LogP contribution in [-0.4, -0.2) is 33.3 Å². The highest BCUT2D eigenvalue weighted by Crippen LogP contribution is 2.20. The zero-order valence-corrected chi connectivity index (χ0v) is 9.72. The topological polar surface area (TPSA) is 131 Å². The number of hydrogen-bond acceptors (Lipinski definition) is 6. The summed E-state index contributed by atoms with van der Waals surface area (Å²) in [4.78, 5) is 22.7. The zero-order chi connectivity index (χ0) is 13.2. The van der Waals surface area contributed by atoms with E-state index < -0.39 is 23.3 Å². The second-order valence-corrected chi connectivity index (χ2v) is 4.61. The molecule has 1 rings (SSSR count). The number of carboxylic acid groups (broad SMARTS) is 1. The number of nitrogens with two attached hydrogens (primary N) is 1. The minimum absolute atomic E-state index is 0.180. The molecular formula is C9H14N4O4. The number of rotatable bonds is 3. The molecule has 4 N–H and O–H groups in total. The third kappa shape index (κ3) is 2.92. The van der Waals surface area contributed by atoms with Gasteiger partial charge >= 0.3 is 5.97 Å². The van der Waals surface area contributed by atoms with Gasteiger partial charge in [0.05, 0.1) is 0 Å². The first kappa shape index (κ1) is 12.9. The van der Waals surface area contributed by atoms with E-state index in [-0.39, 0.29) is 11.5 Å². The zero-order valence-electron chi connectivity index (χ0n) is 9.72. The number of nitrogens with one attached hydrogen (secondary N) is 1. The van der Waals surface area contributed by atoms with E-state index in [2.05, 4.69) is 20.3 Å². The Labute approximate surface area is 97.1 Å². The van der Waals surface area contributed by atoms with Crippen LogP contribution in [-0.2, 0) is 4.79 Å². The third-order valence-electron chi connectivity index (χ3n) is 2.12. The Morgan fingerprint density at radius 3 is 2.35 bits per heavy atom. The highest BCUT2D eigenvalue weighted by Gasteiger charge is 2.34. The van der Waals surface area contributed by atoms with Crippen molar-refractivity contribution in [1.29, 1.82) is 0 Å². The molecule has 0 saturated heterocycles. The van der Waals surface area contributed by atoms with E-state index >= 15 is 0 Å². The Bertz CT molecular complexity index is 434. The number of amides is 1. The lowest BCUT2D eigenvalue weighted by Crippen LogP contribution is -2.49. The smallest absolute Gasteiger partial charge is 0.326 e. The van der Waals surface area contributed by atoms with E-state index in [1.54, 1.807) is 20.8 Å². The lowest BCUT2D eigenvalue weighted by molar-refractivity contribution is -0.142. The highest BCUT2D eigenvalue weighted by atomic mass is 16.6. The highest BCUT2D eigenvalue weighted by molar-refractivity contribution is 5.98. The van der Waals surface area contributed by atoms with Gasteiger partial charge in [0.25, 0.3) is 5.91 Å². The minimum atomic E-state index is -1.14. The van der Waals surface area contributed by atoms with Crippen LogP contribution in [0, 0.1) is 5.41 Å². The van der Waals surface area contributed by atoms with Crippen LogP contribution in [0.25, 0.3) is 0 Å². The molecule has 1 aromatic heterocycles. The van der Waals surface area contributed by atoms with E-state index in [0.29, 0.717) is 0 Å². The summed E-state index contributed by atoms with van der Waals surface area (Å²) in [6, 6.07) is -1.06. The molecule has 8 nitrogen and oxygen atoms in total.